The molecule has 0 aliphatic rings. The summed E-state index contributed by atoms with van der Waals surface area (Å²) in [7, 11) is 1.30. The number of fused-ring (bicyclic) bond motifs is 1. The predicted molar refractivity (Wildman–Crippen MR) is 85.1 cm³/mol. The van der Waals surface area contributed by atoms with E-state index in [0.717, 1.165) is 10.9 Å². The summed E-state index contributed by atoms with van der Waals surface area (Å²) in [6.07, 6.45) is 1.39. The Morgan fingerprint density at radius 2 is 2.04 bits per heavy atom. The van der Waals surface area contributed by atoms with E-state index < -0.39 is 23.7 Å². The van der Waals surface area contributed by atoms with Gasteiger partial charge in [-0.1, -0.05) is 6.07 Å². The van der Waals surface area contributed by atoms with Crippen molar-refractivity contribution in [2.45, 2.75) is 38.8 Å². The summed E-state index contributed by atoms with van der Waals surface area (Å²) >= 11 is 0. The van der Waals surface area contributed by atoms with Crippen LogP contribution in [0.1, 0.15) is 26.3 Å². The Balaban J connectivity index is 2.23. The van der Waals surface area contributed by atoms with E-state index in [2.05, 4.69) is 9.84 Å². The molecule has 0 unspecified atom stereocenters. The standard InChI is InChI=1S/C16H21N3O4/c1-16(2,3)23-15(21)19-13-6-5-10(7-11(13)9-18-19)8-12(17)14(20)22-4/h5-7,9,12H,8,17H2,1-4H3/t12-/m1/s1. The van der Waals surface area contributed by atoms with Crippen LogP contribution in [-0.2, 0) is 20.7 Å². The van der Waals surface area contributed by atoms with Gasteiger partial charge in [0.2, 0.25) is 0 Å². The van der Waals surface area contributed by atoms with E-state index >= 15 is 0 Å². The van der Waals surface area contributed by atoms with E-state index in [9.17, 15) is 9.59 Å². The first-order valence-electron chi connectivity index (χ1n) is 7.24. The Morgan fingerprint density at radius 1 is 1.35 bits per heavy atom. The number of carbonyl (C=O) groups is 2. The molecule has 23 heavy (non-hydrogen) atoms. The number of methoxy groups -OCH3 is 1. The topological polar surface area (TPSA) is 96.4 Å². The van der Waals surface area contributed by atoms with Gasteiger partial charge in [-0.05, 0) is 44.9 Å². The first kappa shape index (κ1) is 17.0. The highest BCUT2D eigenvalue weighted by atomic mass is 16.6. The van der Waals surface area contributed by atoms with Crippen LogP contribution in [0.15, 0.2) is 24.4 Å². The van der Waals surface area contributed by atoms with Gasteiger partial charge >= 0.3 is 12.1 Å². The van der Waals surface area contributed by atoms with Crippen LogP contribution in [0.5, 0.6) is 0 Å². The smallest absolute Gasteiger partial charge is 0.435 e. The van der Waals surface area contributed by atoms with E-state index in [1.165, 1.54) is 11.8 Å². The normalized spacial score (nSPS) is 12.9. The fraction of sp³-hybridized carbons (Fsp3) is 0.438. The molecule has 124 valence electrons. The third-order valence-corrected chi connectivity index (χ3v) is 3.16. The van der Waals surface area contributed by atoms with Crippen LogP contribution in [0.2, 0.25) is 0 Å². The highest BCUT2D eigenvalue weighted by Crippen LogP contribution is 2.18. The van der Waals surface area contributed by atoms with Gasteiger partial charge in [0.15, 0.2) is 0 Å². The molecule has 0 bridgehead atoms. The zero-order valence-corrected chi connectivity index (χ0v) is 13.7. The Bertz CT molecular complexity index is 730. The van der Waals surface area contributed by atoms with Crippen LogP contribution in [0.25, 0.3) is 10.9 Å². The molecule has 0 aliphatic heterocycles. The lowest BCUT2D eigenvalue weighted by Crippen LogP contribution is -2.33. The molecule has 0 spiro atoms. The van der Waals surface area contributed by atoms with Crippen LogP contribution in [0.3, 0.4) is 0 Å². The number of hydrogen-bond donors (Lipinski definition) is 1. The summed E-state index contributed by atoms with van der Waals surface area (Å²) in [5.74, 6) is -0.463. The van der Waals surface area contributed by atoms with Crippen molar-refractivity contribution < 1.29 is 19.1 Å². The van der Waals surface area contributed by atoms with Gasteiger partial charge in [0.1, 0.15) is 11.6 Å². The third kappa shape index (κ3) is 4.07. The summed E-state index contributed by atoms with van der Waals surface area (Å²) in [6.45, 7) is 5.38. The minimum atomic E-state index is -0.724. The molecule has 0 saturated carbocycles. The number of hydrogen-bond acceptors (Lipinski definition) is 6. The van der Waals surface area contributed by atoms with Gasteiger partial charge in [-0.15, -0.1) is 0 Å². The minimum Gasteiger partial charge on any atom is -0.468 e. The Morgan fingerprint density at radius 3 is 2.65 bits per heavy atom. The summed E-state index contributed by atoms with van der Waals surface area (Å²) < 4.78 is 11.1. The molecule has 7 heteroatoms. The summed E-state index contributed by atoms with van der Waals surface area (Å²) in [4.78, 5) is 23.5. The lowest BCUT2D eigenvalue weighted by molar-refractivity contribution is -0.142. The predicted octanol–water partition coefficient (Wildman–Crippen LogP) is 1.86. The fourth-order valence-electron chi connectivity index (χ4n) is 2.15. The second-order valence-electron chi connectivity index (χ2n) is 6.26. The molecular weight excluding hydrogens is 298 g/mol. The number of ether oxygens (including phenoxy) is 2. The van der Waals surface area contributed by atoms with Gasteiger partial charge in [-0.25, -0.2) is 4.79 Å². The van der Waals surface area contributed by atoms with Crippen molar-refractivity contribution in [2.24, 2.45) is 5.73 Å². The van der Waals surface area contributed by atoms with Crippen molar-refractivity contribution in [3.63, 3.8) is 0 Å². The highest BCUT2D eigenvalue weighted by molar-refractivity contribution is 5.88. The van der Waals surface area contributed by atoms with Crippen LogP contribution in [0.4, 0.5) is 4.79 Å². The highest BCUT2D eigenvalue weighted by Gasteiger charge is 2.20. The largest absolute Gasteiger partial charge is 0.468 e. The summed E-state index contributed by atoms with van der Waals surface area (Å²) in [5.41, 5.74) is 6.66. The molecule has 1 atom stereocenters. The number of aromatic nitrogens is 2. The SMILES string of the molecule is COC(=O)[C@H](N)Cc1ccc2c(cnn2C(=O)OC(C)(C)C)c1. The Labute approximate surface area is 134 Å². The fourth-order valence-corrected chi connectivity index (χ4v) is 2.15. The van der Waals surface area contributed by atoms with Crippen LogP contribution < -0.4 is 5.73 Å². The zero-order chi connectivity index (χ0) is 17.2. The van der Waals surface area contributed by atoms with Crippen molar-refractivity contribution in [1.82, 2.24) is 9.78 Å². The number of nitrogens with two attached hydrogens (primary N) is 1. The Kier molecular flexibility index (Phi) is 4.70. The maximum Gasteiger partial charge on any atom is 0.435 e. The monoisotopic (exact) mass is 319 g/mol. The molecule has 2 aromatic rings. The lowest BCUT2D eigenvalue weighted by Gasteiger charge is -2.19. The van der Waals surface area contributed by atoms with Gasteiger partial charge in [0.25, 0.3) is 0 Å². The zero-order valence-electron chi connectivity index (χ0n) is 13.7. The van der Waals surface area contributed by atoms with Gasteiger partial charge in [-0.2, -0.15) is 9.78 Å². The van der Waals surface area contributed by atoms with E-state index in [1.807, 2.05) is 6.07 Å². The molecule has 0 radical (unpaired) electrons. The van der Waals surface area contributed by atoms with Crippen LogP contribution in [-0.4, -0.2) is 40.6 Å². The number of nitrogens with zero attached hydrogens (tertiary/aromatic N) is 2. The van der Waals surface area contributed by atoms with Crippen molar-refractivity contribution >= 4 is 23.0 Å². The molecule has 1 aromatic carbocycles. The van der Waals surface area contributed by atoms with E-state index in [-0.39, 0.29) is 0 Å². The molecule has 0 aliphatic carbocycles. The second-order valence-corrected chi connectivity index (χ2v) is 6.26. The van der Waals surface area contributed by atoms with Gasteiger partial charge in [-0.3, -0.25) is 4.79 Å². The van der Waals surface area contributed by atoms with Crippen molar-refractivity contribution in [3.8, 4) is 0 Å². The van der Waals surface area contributed by atoms with Crippen LogP contribution >= 0.6 is 0 Å². The summed E-state index contributed by atoms with van der Waals surface area (Å²) in [5, 5.41) is 4.84. The van der Waals surface area contributed by atoms with Crippen LogP contribution in [0, 0.1) is 0 Å². The first-order valence-corrected chi connectivity index (χ1v) is 7.24. The van der Waals surface area contributed by atoms with E-state index in [1.54, 1.807) is 39.1 Å². The quantitative estimate of drug-likeness (QED) is 0.867. The number of rotatable bonds is 3. The maximum absolute atomic E-state index is 12.1. The lowest BCUT2D eigenvalue weighted by atomic mass is 10.1. The molecule has 2 rings (SSSR count). The van der Waals surface area contributed by atoms with Crippen molar-refractivity contribution in [1.29, 1.82) is 0 Å². The van der Waals surface area contributed by atoms with Crippen molar-refractivity contribution in [3.05, 3.63) is 30.0 Å². The van der Waals surface area contributed by atoms with Gasteiger partial charge in [0.05, 0.1) is 18.8 Å². The van der Waals surface area contributed by atoms with Gasteiger partial charge in [0, 0.05) is 5.39 Å². The maximum atomic E-state index is 12.1. The molecule has 1 heterocycles. The average Bonchev–Trinajstić information content (AvgIpc) is 2.87. The molecule has 0 fully saturated rings. The second kappa shape index (κ2) is 6.37. The first-order chi connectivity index (χ1) is 10.7. The van der Waals surface area contributed by atoms with E-state index in [0.29, 0.717) is 11.9 Å². The molecule has 0 amide bonds. The number of benzene rings is 1. The van der Waals surface area contributed by atoms with Crippen molar-refractivity contribution in [2.75, 3.05) is 7.11 Å². The average molecular weight is 319 g/mol. The number of esters is 1. The van der Waals surface area contributed by atoms with E-state index in [4.69, 9.17) is 10.5 Å². The molecule has 2 N–H and O–H groups in total. The molecule has 0 saturated heterocycles. The van der Waals surface area contributed by atoms with Gasteiger partial charge < -0.3 is 15.2 Å². The molecular formula is C16H21N3O4. The Hall–Kier alpha value is -2.41. The molecule has 7 nitrogen and oxygen atoms in total. The molecule has 1 aromatic heterocycles. The number of carbonyl (C=O) groups excluding carboxylic acids is 2. The summed E-state index contributed by atoms with van der Waals surface area (Å²) in [6, 6.07) is 4.67. The minimum absolute atomic E-state index is 0.347. The third-order valence-electron chi connectivity index (χ3n) is 3.16.